The van der Waals surface area contributed by atoms with Gasteiger partial charge < -0.3 is 20.6 Å². The van der Waals surface area contributed by atoms with Crippen LogP contribution in [-0.4, -0.2) is 48.0 Å². The van der Waals surface area contributed by atoms with Crippen LogP contribution in [-0.2, 0) is 19.2 Å². The van der Waals surface area contributed by atoms with E-state index in [2.05, 4.69) is 49.9 Å². The van der Waals surface area contributed by atoms with Crippen LogP contribution in [0.5, 0.6) is 0 Å². The van der Waals surface area contributed by atoms with E-state index in [1.54, 1.807) is 17.8 Å². The zero-order valence-electron chi connectivity index (χ0n) is 16.7. The predicted molar refractivity (Wildman–Crippen MR) is 122 cm³/mol. The molecule has 0 saturated carbocycles. The van der Waals surface area contributed by atoms with Crippen LogP contribution in [0.3, 0.4) is 0 Å². The molecule has 1 unspecified atom stereocenters. The van der Waals surface area contributed by atoms with Gasteiger partial charge in [0.15, 0.2) is 5.96 Å². The maximum absolute atomic E-state index is 10.7. The van der Waals surface area contributed by atoms with E-state index in [0.717, 1.165) is 23.4 Å². The Kier molecular flexibility index (Phi) is 9.04. The molecule has 3 N–H and O–H groups in total. The summed E-state index contributed by atoms with van der Waals surface area (Å²) in [6, 6.07) is 8.32. The number of nitrogens with one attached hydrogen (secondary N) is 2. The van der Waals surface area contributed by atoms with Crippen molar-refractivity contribution in [2.75, 3.05) is 32.1 Å². The Bertz CT molecular complexity index is 724. The SMILES string of the molecule is CCNC(=NCc1ccc(N(C)C)cc1)NCC(C)(O)c1cnn(C)c1.I. The summed E-state index contributed by atoms with van der Waals surface area (Å²) in [7, 11) is 5.88. The van der Waals surface area contributed by atoms with Crippen LogP contribution in [0.15, 0.2) is 41.7 Å². The molecule has 1 aromatic heterocycles. The third kappa shape index (κ3) is 7.02. The van der Waals surface area contributed by atoms with Crippen molar-refractivity contribution >= 4 is 35.6 Å². The number of nitrogens with zero attached hydrogens (tertiary/aromatic N) is 4. The van der Waals surface area contributed by atoms with Gasteiger partial charge >= 0.3 is 0 Å². The highest BCUT2D eigenvalue weighted by atomic mass is 127. The van der Waals surface area contributed by atoms with Crippen molar-refractivity contribution in [1.29, 1.82) is 0 Å². The first-order valence-electron chi connectivity index (χ1n) is 8.82. The van der Waals surface area contributed by atoms with Crippen molar-refractivity contribution in [2.24, 2.45) is 12.0 Å². The minimum absolute atomic E-state index is 0. The number of guanidine groups is 1. The van der Waals surface area contributed by atoms with Crippen LogP contribution in [0.2, 0.25) is 0 Å². The van der Waals surface area contributed by atoms with Gasteiger partial charge in [0.2, 0.25) is 0 Å². The van der Waals surface area contributed by atoms with Crippen LogP contribution < -0.4 is 15.5 Å². The maximum atomic E-state index is 10.7. The van der Waals surface area contributed by atoms with Gasteiger partial charge in [0, 0.05) is 45.1 Å². The molecule has 7 nitrogen and oxygen atoms in total. The number of hydrogen-bond acceptors (Lipinski definition) is 4. The molecule has 8 heteroatoms. The summed E-state index contributed by atoms with van der Waals surface area (Å²) in [6.07, 6.45) is 3.50. The molecular formula is C19H31IN6O. The Hall–Kier alpha value is -1.81. The fraction of sp³-hybridized carbons (Fsp3) is 0.474. The average Bonchev–Trinajstić information content (AvgIpc) is 3.05. The second kappa shape index (κ2) is 10.5. The van der Waals surface area contributed by atoms with E-state index in [1.165, 1.54) is 0 Å². The van der Waals surface area contributed by atoms with E-state index in [-0.39, 0.29) is 24.0 Å². The number of aliphatic hydroxyl groups is 1. The molecule has 1 aromatic carbocycles. The number of benzene rings is 1. The van der Waals surface area contributed by atoms with Crippen LogP contribution in [0.25, 0.3) is 0 Å². The van der Waals surface area contributed by atoms with Crippen molar-refractivity contribution in [3.63, 3.8) is 0 Å². The summed E-state index contributed by atoms with van der Waals surface area (Å²) < 4.78 is 1.68. The molecule has 2 rings (SSSR count). The average molecular weight is 486 g/mol. The minimum atomic E-state index is -1.03. The molecule has 150 valence electrons. The molecule has 2 aromatic rings. The second-order valence-electron chi connectivity index (χ2n) is 6.79. The standard InChI is InChI=1S/C19H30N6O.HI/c1-6-20-18(21-11-15-7-9-17(10-8-15)24(3)4)22-14-19(2,26)16-12-23-25(5)13-16;/h7-10,12-13,26H,6,11,14H2,1-5H3,(H2,20,21,22);1H. The fourth-order valence-electron chi connectivity index (χ4n) is 2.47. The molecule has 0 amide bonds. The van der Waals surface area contributed by atoms with Crippen LogP contribution in [0.4, 0.5) is 5.69 Å². The molecule has 27 heavy (non-hydrogen) atoms. The Morgan fingerprint density at radius 1 is 1.26 bits per heavy atom. The van der Waals surface area contributed by atoms with E-state index in [1.807, 2.05) is 34.3 Å². The normalized spacial score (nSPS) is 13.5. The van der Waals surface area contributed by atoms with Crippen molar-refractivity contribution < 1.29 is 5.11 Å². The van der Waals surface area contributed by atoms with Gasteiger partial charge in [-0.2, -0.15) is 5.10 Å². The van der Waals surface area contributed by atoms with Gasteiger partial charge in [0.05, 0.1) is 19.3 Å². The van der Waals surface area contributed by atoms with Crippen LogP contribution in [0, 0.1) is 0 Å². The number of hydrogen-bond donors (Lipinski definition) is 3. The summed E-state index contributed by atoms with van der Waals surface area (Å²) in [4.78, 5) is 6.68. The fourth-order valence-corrected chi connectivity index (χ4v) is 2.47. The molecule has 0 radical (unpaired) electrons. The lowest BCUT2D eigenvalue weighted by Gasteiger charge is -2.23. The van der Waals surface area contributed by atoms with E-state index in [0.29, 0.717) is 19.0 Å². The topological polar surface area (TPSA) is 77.7 Å². The lowest BCUT2D eigenvalue weighted by atomic mass is 10.00. The first kappa shape index (κ1) is 23.2. The predicted octanol–water partition coefficient (Wildman–Crippen LogP) is 2.07. The summed E-state index contributed by atoms with van der Waals surface area (Å²) in [5.74, 6) is 0.674. The number of aliphatic imine (C=N–C) groups is 1. The van der Waals surface area contributed by atoms with Crippen molar-refractivity contribution in [3.05, 3.63) is 47.8 Å². The van der Waals surface area contributed by atoms with Crippen molar-refractivity contribution in [3.8, 4) is 0 Å². The van der Waals surface area contributed by atoms with Gasteiger partial charge in [-0.25, -0.2) is 4.99 Å². The Morgan fingerprint density at radius 3 is 2.44 bits per heavy atom. The Balaban J connectivity index is 0.00000364. The molecule has 1 heterocycles. The molecule has 0 fully saturated rings. The van der Waals surface area contributed by atoms with Gasteiger partial charge in [-0.05, 0) is 31.5 Å². The van der Waals surface area contributed by atoms with Gasteiger partial charge in [-0.3, -0.25) is 4.68 Å². The quantitative estimate of drug-likeness (QED) is 0.318. The third-order valence-corrected chi connectivity index (χ3v) is 4.14. The van der Waals surface area contributed by atoms with E-state index < -0.39 is 5.60 Å². The van der Waals surface area contributed by atoms with Gasteiger partial charge in [-0.15, -0.1) is 24.0 Å². The first-order valence-corrected chi connectivity index (χ1v) is 8.82. The van der Waals surface area contributed by atoms with Crippen LogP contribution in [0.1, 0.15) is 25.0 Å². The minimum Gasteiger partial charge on any atom is -0.383 e. The molecule has 0 aliphatic heterocycles. The van der Waals surface area contributed by atoms with Crippen molar-refractivity contribution in [2.45, 2.75) is 26.0 Å². The number of aromatic nitrogens is 2. The monoisotopic (exact) mass is 486 g/mol. The zero-order chi connectivity index (χ0) is 19.2. The zero-order valence-corrected chi connectivity index (χ0v) is 19.1. The van der Waals surface area contributed by atoms with E-state index in [4.69, 9.17) is 0 Å². The van der Waals surface area contributed by atoms with Gasteiger partial charge in [0.25, 0.3) is 0 Å². The molecule has 0 spiro atoms. The summed E-state index contributed by atoms with van der Waals surface area (Å²) in [5, 5.41) is 21.2. The number of aryl methyl sites for hydroxylation is 1. The highest BCUT2D eigenvalue weighted by Gasteiger charge is 2.24. The summed E-state index contributed by atoms with van der Waals surface area (Å²) in [5.41, 5.74) is 2.03. The van der Waals surface area contributed by atoms with E-state index >= 15 is 0 Å². The summed E-state index contributed by atoms with van der Waals surface area (Å²) in [6.45, 7) is 5.44. The molecular weight excluding hydrogens is 455 g/mol. The first-order chi connectivity index (χ1) is 12.3. The highest BCUT2D eigenvalue weighted by Crippen LogP contribution is 2.18. The molecule has 0 bridgehead atoms. The molecule has 1 atom stereocenters. The van der Waals surface area contributed by atoms with Gasteiger partial charge in [-0.1, -0.05) is 12.1 Å². The number of anilines is 1. The second-order valence-corrected chi connectivity index (χ2v) is 6.79. The summed E-state index contributed by atoms with van der Waals surface area (Å²) >= 11 is 0. The lowest BCUT2D eigenvalue weighted by Crippen LogP contribution is -2.44. The molecule has 0 aliphatic rings. The molecule has 0 saturated heterocycles. The largest absolute Gasteiger partial charge is 0.383 e. The lowest BCUT2D eigenvalue weighted by molar-refractivity contribution is 0.0616. The molecule has 0 aliphatic carbocycles. The van der Waals surface area contributed by atoms with Crippen LogP contribution >= 0.6 is 24.0 Å². The van der Waals surface area contributed by atoms with Crippen molar-refractivity contribution in [1.82, 2.24) is 20.4 Å². The number of halogens is 1. The number of rotatable bonds is 7. The Labute approximate surface area is 178 Å². The maximum Gasteiger partial charge on any atom is 0.191 e. The highest BCUT2D eigenvalue weighted by molar-refractivity contribution is 14.0. The van der Waals surface area contributed by atoms with E-state index in [9.17, 15) is 5.11 Å². The Morgan fingerprint density at radius 2 is 1.93 bits per heavy atom. The van der Waals surface area contributed by atoms with Gasteiger partial charge in [0.1, 0.15) is 5.60 Å². The smallest absolute Gasteiger partial charge is 0.191 e. The third-order valence-electron chi connectivity index (χ3n) is 4.14.